The van der Waals surface area contributed by atoms with E-state index >= 15 is 0 Å². The summed E-state index contributed by atoms with van der Waals surface area (Å²) >= 11 is 6.62. The van der Waals surface area contributed by atoms with E-state index in [1.54, 1.807) is 0 Å². The van der Waals surface area contributed by atoms with E-state index in [-0.39, 0.29) is 11.7 Å². The van der Waals surface area contributed by atoms with E-state index in [2.05, 4.69) is 75.0 Å². The lowest BCUT2D eigenvalue weighted by atomic mass is 9.88. The summed E-state index contributed by atoms with van der Waals surface area (Å²) in [7, 11) is 4.34. The van der Waals surface area contributed by atoms with Crippen LogP contribution >= 0.6 is 11.6 Å². The number of anilines is 1. The van der Waals surface area contributed by atoms with Crippen molar-refractivity contribution in [3.8, 4) is 11.1 Å². The Balaban J connectivity index is 1.59. The van der Waals surface area contributed by atoms with E-state index in [0.717, 1.165) is 89.1 Å². The van der Waals surface area contributed by atoms with Crippen LogP contribution in [0.25, 0.3) is 22.0 Å². The topological polar surface area (TPSA) is 36.4 Å². The molecule has 1 saturated heterocycles. The van der Waals surface area contributed by atoms with Crippen LogP contribution in [0.2, 0.25) is 5.02 Å². The molecule has 5 heteroatoms. The van der Waals surface area contributed by atoms with Gasteiger partial charge in [-0.05, 0) is 106 Å². The number of nitrogens with zero attached hydrogens (tertiary/aromatic N) is 3. The average molecular weight is 504 g/mol. The maximum Gasteiger partial charge on any atom is 0.169 e. The molecule has 3 aromatic rings. The lowest BCUT2D eigenvalue weighted by Gasteiger charge is -2.39. The standard InChI is InChI=1S/C31H38ClN3O/c1-6-21-15-25(17-28(32)19(21)2)24-9-10-29-26(16-24)30(27(18-33-29)31(36)23-7-8-23)35-13-11-22(12-14-35)20(3)34(4)5/h9-10,15-18,20,22-23H,6-8,11-14H2,1-5H3. The first-order valence-electron chi connectivity index (χ1n) is 13.5. The maximum atomic E-state index is 13.4. The van der Waals surface area contributed by atoms with Crippen LogP contribution in [-0.2, 0) is 6.42 Å². The molecular formula is C31H38ClN3O. The van der Waals surface area contributed by atoms with E-state index in [0.29, 0.717) is 12.0 Å². The molecule has 0 N–H and O–H groups in total. The van der Waals surface area contributed by atoms with Gasteiger partial charge in [0.25, 0.3) is 0 Å². The molecule has 1 saturated carbocycles. The van der Waals surface area contributed by atoms with Crippen molar-refractivity contribution in [2.75, 3.05) is 32.1 Å². The summed E-state index contributed by atoms with van der Waals surface area (Å²) in [6.45, 7) is 8.51. The SMILES string of the molecule is CCc1cc(-c2ccc3ncc(C(=O)C4CC4)c(N4CCC(C(C)N(C)C)CC4)c3c2)cc(Cl)c1C. The zero-order valence-electron chi connectivity index (χ0n) is 22.3. The smallest absolute Gasteiger partial charge is 0.169 e. The Morgan fingerprint density at radius 1 is 1.11 bits per heavy atom. The number of aromatic nitrogens is 1. The summed E-state index contributed by atoms with van der Waals surface area (Å²) in [4.78, 5) is 22.9. The number of hydrogen-bond acceptors (Lipinski definition) is 4. The Morgan fingerprint density at radius 3 is 2.47 bits per heavy atom. The lowest BCUT2D eigenvalue weighted by molar-refractivity contribution is 0.0967. The van der Waals surface area contributed by atoms with E-state index in [9.17, 15) is 4.79 Å². The third-order valence-corrected chi connectivity index (χ3v) is 8.96. The molecule has 5 rings (SSSR count). The molecule has 0 amide bonds. The number of hydrogen-bond donors (Lipinski definition) is 0. The Labute approximate surface area is 220 Å². The first-order chi connectivity index (χ1) is 17.3. The number of piperidine rings is 1. The molecule has 1 unspecified atom stereocenters. The van der Waals surface area contributed by atoms with Gasteiger partial charge in [-0.15, -0.1) is 0 Å². The second-order valence-corrected chi connectivity index (χ2v) is 11.4. The number of Topliss-reactive ketones (excluding diaryl/α,β-unsaturated/α-hetero) is 1. The van der Waals surface area contributed by atoms with Gasteiger partial charge in [0.15, 0.2) is 5.78 Å². The second-order valence-electron chi connectivity index (χ2n) is 11.0. The number of ketones is 1. The van der Waals surface area contributed by atoms with Gasteiger partial charge in [-0.25, -0.2) is 0 Å². The summed E-state index contributed by atoms with van der Waals surface area (Å²) in [6.07, 6.45) is 7.05. The van der Waals surface area contributed by atoms with Crippen LogP contribution in [0, 0.1) is 18.8 Å². The Kier molecular flexibility index (Phi) is 7.11. The minimum atomic E-state index is 0.167. The number of carbonyl (C=O) groups is 1. The third kappa shape index (κ3) is 4.78. The van der Waals surface area contributed by atoms with Crippen LogP contribution in [0.3, 0.4) is 0 Å². The van der Waals surface area contributed by atoms with E-state index < -0.39 is 0 Å². The number of halogens is 1. The Hall–Kier alpha value is -2.43. The highest BCUT2D eigenvalue weighted by Gasteiger charge is 2.35. The maximum absolute atomic E-state index is 13.4. The number of carbonyl (C=O) groups excluding carboxylic acids is 1. The highest BCUT2D eigenvalue weighted by Crippen LogP contribution is 2.41. The molecule has 4 nitrogen and oxygen atoms in total. The Morgan fingerprint density at radius 2 is 1.83 bits per heavy atom. The first-order valence-corrected chi connectivity index (χ1v) is 13.8. The highest BCUT2D eigenvalue weighted by atomic mass is 35.5. The molecule has 2 heterocycles. The molecule has 1 aliphatic carbocycles. The minimum Gasteiger partial charge on any atom is -0.370 e. The summed E-state index contributed by atoms with van der Waals surface area (Å²) in [5, 5.41) is 1.88. The fourth-order valence-electron chi connectivity index (χ4n) is 5.74. The van der Waals surface area contributed by atoms with E-state index in [1.165, 1.54) is 5.56 Å². The summed E-state index contributed by atoms with van der Waals surface area (Å²) < 4.78 is 0. The van der Waals surface area contributed by atoms with E-state index in [1.807, 2.05) is 6.20 Å². The van der Waals surface area contributed by atoms with Crippen molar-refractivity contribution in [3.63, 3.8) is 0 Å². The Bertz CT molecular complexity index is 1290. The van der Waals surface area contributed by atoms with Crippen molar-refractivity contribution >= 4 is 34.0 Å². The highest BCUT2D eigenvalue weighted by molar-refractivity contribution is 6.31. The number of benzene rings is 2. The van der Waals surface area contributed by atoms with Crippen molar-refractivity contribution in [3.05, 3.63) is 58.2 Å². The summed E-state index contributed by atoms with van der Waals surface area (Å²) in [5.41, 5.74) is 7.49. The molecule has 2 aromatic carbocycles. The lowest BCUT2D eigenvalue weighted by Crippen LogP contribution is -2.42. The average Bonchev–Trinajstić information content (AvgIpc) is 3.74. The minimum absolute atomic E-state index is 0.167. The van der Waals surface area contributed by atoms with Crippen LogP contribution in [0.5, 0.6) is 0 Å². The molecule has 190 valence electrons. The third-order valence-electron chi connectivity index (χ3n) is 8.57. The van der Waals surface area contributed by atoms with Gasteiger partial charge in [-0.3, -0.25) is 9.78 Å². The molecule has 0 radical (unpaired) electrons. The van der Waals surface area contributed by atoms with Crippen molar-refractivity contribution in [2.24, 2.45) is 11.8 Å². The molecule has 1 aromatic heterocycles. The number of aryl methyl sites for hydroxylation is 1. The number of pyridine rings is 1. The van der Waals surface area contributed by atoms with Crippen molar-refractivity contribution < 1.29 is 4.79 Å². The van der Waals surface area contributed by atoms with Gasteiger partial charge in [-0.1, -0.05) is 30.7 Å². The quantitative estimate of drug-likeness (QED) is 0.320. The van der Waals surface area contributed by atoms with Crippen LogP contribution < -0.4 is 4.90 Å². The van der Waals surface area contributed by atoms with Crippen LogP contribution in [0.1, 0.15) is 61.0 Å². The van der Waals surface area contributed by atoms with Gasteiger partial charge < -0.3 is 9.80 Å². The fourth-order valence-corrected chi connectivity index (χ4v) is 5.98. The molecule has 36 heavy (non-hydrogen) atoms. The fraction of sp³-hybridized carbons (Fsp3) is 0.484. The predicted molar refractivity (Wildman–Crippen MR) is 151 cm³/mol. The molecular weight excluding hydrogens is 466 g/mol. The normalized spacial score (nSPS) is 17.7. The monoisotopic (exact) mass is 503 g/mol. The largest absolute Gasteiger partial charge is 0.370 e. The molecule has 2 fully saturated rings. The van der Waals surface area contributed by atoms with Gasteiger partial charge in [0.1, 0.15) is 0 Å². The summed E-state index contributed by atoms with van der Waals surface area (Å²) in [5.74, 6) is 1.10. The van der Waals surface area contributed by atoms with Gasteiger partial charge in [0, 0.05) is 41.7 Å². The van der Waals surface area contributed by atoms with Gasteiger partial charge in [0.2, 0.25) is 0 Å². The van der Waals surface area contributed by atoms with Crippen molar-refractivity contribution in [2.45, 2.75) is 58.9 Å². The second kappa shape index (κ2) is 10.1. The van der Waals surface area contributed by atoms with Crippen molar-refractivity contribution in [1.29, 1.82) is 0 Å². The number of rotatable bonds is 7. The molecule has 0 bridgehead atoms. The number of fused-ring (bicyclic) bond motifs is 1. The first kappa shape index (κ1) is 25.2. The molecule has 1 atom stereocenters. The molecule has 0 spiro atoms. The zero-order valence-corrected chi connectivity index (χ0v) is 23.0. The molecule has 1 aliphatic heterocycles. The van der Waals surface area contributed by atoms with Crippen LogP contribution in [0.15, 0.2) is 36.5 Å². The molecule has 2 aliphatic rings. The zero-order chi connectivity index (χ0) is 25.6. The van der Waals surface area contributed by atoms with E-state index in [4.69, 9.17) is 16.6 Å². The predicted octanol–water partition coefficient (Wildman–Crippen LogP) is 7.19. The van der Waals surface area contributed by atoms with Gasteiger partial charge in [-0.2, -0.15) is 0 Å². The van der Waals surface area contributed by atoms with Crippen molar-refractivity contribution in [1.82, 2.24) is 9.88 Å². The van der Waals surface area contributed by atoms with Gasteiger partial charge >= 0.3 is 0 Å². The summed E-state index contributed by atoms with van der Waals surface area (Å²) in [6, 6.07) is 11.3. The van der Waals surface area contributed by atoms with Crippen LogP contribution in [-0.4, -0.2) is 48.9 Å². The van der Waals surface area contributed by atoms with Gasteiger partial charge in [0.05, 0.1) is 16.8 Å². The van der Waals surface area contributed by atoms with Crippen LogP contribution in [0.4, 0.5) is 5.69 Å².